The van der Waals surface area contributed by atoms with E-state index in [-0.39, 0.29) is 17.5 Å². The summed E-state index contributed by atoms with van der Waals surface area (Å²) in [7, 11) is 3.87. The Labute approximate surface area is 84.7 Å². The van der Waals surface area contributed by atoms with Crippen LogP contribution in [0.25, 0.3) is 0 Å². The van der Waals surface area contributed by atoms with E-state index in [0.717, 1.165) is 18.4 Å². The second-order valence-corrected chi connectivity index (χ2v) is 4.71. The average Bonchev–Trinajstić information content (AvgIpc) is 2.52. The molecule has 78 valence electrons. The van der Waals surface area contributed by atoms with Gasteiger partial charge in [-0.1, -0.05) is 6.92 Å². The summed E-state index contributed by atoms with van der Waals surface area (Å²) in [6.07, 6.45) is 5.30. The van der Waals surface area contributed by atoms with Crippen LogP contribution in [0.4, 0.5) is 0 Å². The predicted octanol–water partition coefficient (Wildman–Crippen LogP) is 1.55. The van der Waals surface area contributed by atoms with Gasteiger partial charge in [0.05, 0.1) is 5.57 Å². The lowest BCUT2D eigenvalue weighted by Gasteiger charge is -2.22. The molecule has 0 unspecified atom stereocenters. The smallest absolute Gasteiger partial charge is 0.336 e. The van der Waals surface area contributed by atoms with E-state index < -0.39 is 0 Å². The van der Waals surface area contributed by atoms with Crippen molar-refractivity contribution < 1.29 is 9.53 Å². The van der Waals surface area contributed by atoms with E-state index in [1.165, 1.54) is 6.42 Å². The van der Waals surface area contributed by atoms with Gasteiger partial charge < -0.3 is 9.64 Å². The number of nitrogens with zero attached hydrogens (tertiary/aromatic N) is 1. The van der Waals surface area contributed by atoms with Gasteiger partial charge in [-0.15, -0.1) is 0 Å². The molecule has 2 rings (SSSR count). The highest BCUT2D eigenvalue weighted by Crippen LogP contribution is 2.50. The summed E-state index contributed by atoms with van der Waals surface area (Å²) < 4.78 is 5.37. The molecule has 0 bridgehead atoms. The van der Waals surface area contributed by atoms with Gasteiger partial charge in [0, 0.05) is 25.7 Å². The molecule has 1 aliphatic carbocycles. The topological polar surface area (TPSA) is 29.5 Å². The van der Waals surface area contributed by atoms with E-state index in [1.807, 2.05) is 25.2 Å². The molecule has 1 aliphatic heterocycles. The third-order valence-electron chi connectivity index (χ3n) is 3.34. The number of hydrogen-bond acceptors (Lipinski definition) is 3. The van der Waals surface area contributed by atoms with Gasteiger partial charge in [0.25, 0.3) is 0 Å². The molecule has 0 spiro atoms. The highest BCUT2D eigenvalue weighted by molar-refractivity contribution is 5.92. The van der Waals surface area contributed by atoms with Crippen LogP contribution < -0.4 is 0 Å². The van der Waals surface area contributed by atoms with Gasteiger partial charge in [-0.25, -0.2) is 4.79 Å². The first-order valence-corrected chi connectivity index (χ1v) is 5.14. The minimum atomic E-state index is -0.120. The summed E-state index contributed by atoms with van der Waals surface area (Å²) in [4.78, 5) is 13.5. The number of ether oxygens (including phenoxy) is 1. The van der Waals surface area contributed by atoms with E-state index in [0.29, 0.717) is 0 Å². The minimum Gasteiger partial charge on any atom is -0.458 e. The lowest BCUT2D eigenvalue weighted by Crippen LogP contribution is -2.23. The van der Waals surface area contributed by atoms with Gasteiger partial charge in [-0.3, -0.25) is 0 Å². The normalized spacial score (nSPS) is 38.6. The van der Waals surface area contributed by atoms with Crippen molar-refractivity contribution in [2.45, 2.75) is 32.3 Å². The highest BCUT2D eigenvalue weighted by Gasteiger charge is 2.52. The molecule has 2 aliphatic rings. The molecule has 3 nitrogen and oxygen atoms in total. The van der Waals surface area contributed by atoms with Crippen LogP contribution in [0.15, 0.2) is 11.8 Å². The molecule has 2 atom stereocenters. The van der Waals surface area contributed by atoms with Crippen LogP contribution in [0.3, 0.4) is 0 Å². The Morgan fingerprint density at radius 3 is 2.93 bits per heavy atom. The highest BCUT2D eigenvalue weighted by atomic mass is 16.6. The molecule has 14 heavy (non-hydrogen) atoms. The Morgan fingerprint density at radius 1 is 1.57 bits per heavy atom. The standard InChI is InChI=1S/C11H17NO2/c1-11-6-4-5-9(11)14-10(13)8(11)7-12(2)3/h7,9H,4-6H2,1-3H3/b8-7+/t9-,11-/m0/s1. The fourth-order valence-electron chi connectivity index (χ4n) is 2.52. The van der Waals surface area contributed by atoms with Crippen LogP contribution in [0.1, 0.15) is 26.2 Å². The van der Waals surface area contributed by atoms with Gasteiger partial charge in [0.15, 0.2) is 0 Å². The summed E-state index contributed by atoms with van der Waals surface area (Å²) in [6.45, 7) is 2.14. The quantitative estimate of drug-likeness (QED) is 0.469. The molecule has 0 aromatic rings. The molecule has 0 N–H and O–H groups in total. The number of hydrogen-bond donors (Lipinski definition) is 0. The Balaban J connectivity index is 2.35. The van der Waals surface area contributed by atoms with Crippen LogP contribution in [0, 0.1) is 5.41 Å². The zero-order valence-corrected chi connectivity index (χ0v) is 9.04. The molecular formula is C11H17NO2. The summed E-state index contributed by atoms with van der Waals surface area (Å²) >= 11 is 0. The van der Waals surface area contributed by atoms with Crippen molar-refractivity contribution in [3.63, 3.8) is 0 Å². The van der Waals surface area contributed by atoms with Gasteiger partial charge in [-0.05, 0) is 19.3 Å². The van der Waals surface area contributed by atoms with Crippen molar-refractivity contribution >= 4 is 5.97 Å². The predicted molar refractivity (Wildman–Crippen MR) is 53.6 cm³/mol. The molecule has 0 aromatic carbocycles. The van der Waals surface area contributed by atoms with Crippen LogP contribution in [-0.2, 0) is 9.53 Å². The maximum Gasteiger partial charge on any atom is 0.336 e. The number of esters is 1. The monoisotopic (exact) mass is 195 g/mol. The van der Waals surface area contributed by atoms with Crippen molar-refractivity contribution in [2.75, 3.05) is 14.1 Å². The first-order valence-electron chi connectivity index (χ1n) is 5.14. The molecule has 1 saturated carbocycles. The third kappa shape index (κ3) is 1.22. The number of rotatable bonds is 1. The SMILES string of the molecule is CN(C)/C=C1\C(=O)O[C@H]2CCC[C@@]12C. The zero-order chi connectivity index (χ0) is 10.3. The molecule has 0 aromatic heterocycles. The first-order chi connectivity index (χ1) is 6.54. The van der Waals surface area contributed by atoms with E-state index in [4.69, 9.17) is 4.74 Å². The van der Waals surface area contributed by atoms with Crippen molar-refractivity contribution in [1.29, 1.82) is 0 Å². The van der Waals surface area contributed by atoms with E-state index in [9.17, 15) is 4.79 Å². The minimum absolute atomic E-state index is 0.0264. The fourth-order valence-corrected chi connectivity index (χ4v) is 2.52. The van der Waals surface area contributed by atoms with E-state index in [1.54, 1.807) is 0 Å². The Hall–Kier alpha value is -0.990. The maximum absolute atomic E-state index is 11.6. The van der Waals surface area contributed by atoms with Gasteiger partial charge in [0.2, 0.25) is 0 Å². The largest absolute Gasteiger partial charge is 0.458 e. The number of carbonyl (C=O) groups is 1. The van der Waals surface area contributed by atoms with Gasteiger partial charge >= 0.3 is 5.97 Å². The Kier molecular flexibility index (Phi) is 2.05. The fraction of sp³-hybridized carbons (Fsp3) is 0.727. The van der Waals surface area contributed by atoms with Gasteiger partial charge in [-0.2, -0.15) is 0 Å². The van der Waals surface area contributed by atoms with Crippen LogP contribution in [0.2, 0.25) is 0 Å². The van der Waals surface area contributed by atoms with Crippen molar-refractivity contribution in [3.8, 4) is 0 Å². The summed E-state index contributed by atoms with van der Waals surface area (Å²) in [6, 6.07) is 0. The van der Waals surface area contributed by atoms with Crippen molar-refractivity contribution in [1.82, 2.24) is 4.90 Å². The summed E-state index contributed by atoms with van der Waals surface area (Å²) in [5, 5.41) is 0. The second-order valence-electron chi connectivity index (χ2n) is 4.71. The van der Waals surface area contributed by atoms with Crippen LogP contribution >= 0.6 is 0 Å². The second kappa shape index (κ2) is 3.01. The van der Waals surface area contributed by atoms with Crippen LogP contribution in [-0.4, -0.2) is 31.1 Å². The van der Waals surface area contributed by atoms with Crippen molar-refractivity contribution in [2.24, 2.45) is 5.41 Å². The molecule has 3 heteroatoms. The lowest BCUT2D eigenvalue weighted by molar-refractivity contribution is -0.139. The Morgan fingerprint density at radius 2 is 2.29 bits per heavy atom. The summed E-state index contributed by atoms with van der Waals surface area (Å²) in [5.74, 6) is -0.120. The van der Waals surface area contributed by atoms with E-state index >= 15 is 0 Å². The molecule has 1 heterocycles. The molecule has 0 radical (unpaired) electrons. The molecule has 2 fully saturated rings. The number of fused-ring (bicyclic) bond motifs is 1. The van der Waals surface area contributed by atoms with Gasteiger partial charge in [0.1, 0.15) is 6.10 Å². The van der Waals surface area contributed by atoms with Crippen LogP contribution in [0.5, 0.6) is 0 Å². The molecule has 0 amide bonds. The third-order valence-corrected chi connectivity index (χ3v) is 3.34. The van der Waals surface area contributed by atoms with Crippen molar-refractivity contribution in [3.05, 3.63) is 11.8 Å². The zero-order valence-electron chi connectivity index (χ0n) is 9.04. The molecule has 1 saturated heterocycles. The molecular weight excluding hydrogens is 178 g/mol. The van der Waals surface area contributed by atoms with E-state index in [2.05, 4.69) is 6.92 Å². The Bertz CT molecular complexity index is 296. The maximum atomic E-state index is 11.6. The lowest BCUT2D eigenvalue weighted by atomic mass is 9.81. The average molecular weight is 195 g/mol. The first kappa shape index (κ1) is 9.56. The number of carbonyl (C=O) groups excluding carboxylic acids is 1. The summed E-state index contributed by atoms with van der Waals surface area (Å²) in [5.41, 5.74) is 0.825.